The summed E-state index contributed by atoms with van der Waals surface area (Å²) in [6.45, 7) is 7.33. The number of carbonyl (C=O) groups excluding carboxylic acids is 1. The van der Waals surface area contributed by atoms with Crippen LogP contribution in [0.5, 0.6) is 0 Å². The van der Waals surface area contributed by atoms with Crippen molar-refractivity contribution in [1.29, 1.82) is 0 Å². The number of morpholine rings is 1. The van der Waals surface area contributed by atoms with Crippen molar-refractivity contribution in [2.24, 2.45) is 0 Å². The maximum Gasteiger partial charge on any atom is 0.319 e. The van der Waals surface area contributed by atoms with Gasteiger partial charge < -0.3 is 20.3 Å². The molecule has 0 unspecified atom stereocenters. The van der Waals surface area contributed by atoms with Crippen LogP contribution in [0.1, 0.15) is 26.7 Å². The van der Waals surface area contributed by atoms with E-state index in [1.807, 2.05) is 24.3 Å². The summed E-state index contributed by atoms with van der Waals surface area (Å²) in [5, 5.41) is 5.98. The van der Waals surface area contributed by atoms with Crippen molar-refractivity contribution in [1.82, 2.24) is 5.32 Å². The molecule has 0 atom stereocenters. The van der Waals surface area contributed by atoms with Gasteiger partial charge in [-0.3, -0.25) is 0 Å². The third kappa shape index (κ3) is 4.36. The first kappa shape index (κ1) is 15.6. The maximum atomic E-state index is 12.1. The number of para-hydroxylation sites is 2. The van der Waals surface area contributed by atoms with Gasteiger partial charge in [0.2, 0.25) is 0 Å². The molecule has 0 spiro atoms. The number of benzene rings is 1. The molecule has 1 aliphatic rings. The van der Waals surface area contributed by atoms with E-state index in [2.05, 4.69) is 29.4 Å². The number of urea groups is 1. The topological polar surface area (TPSA) is 53.6 Å². The Hall–Kier alpha value is -1.75. The van der Waals surface area contributed by atoms with Gasteiger partial charge in [-0.15, -0.1) is 0 Å². The average Bonchev–Trinajstić information content (AvgIpc) is 2.54. The van der Waals surface area contributed by atoms with E-state index in [0.717, 1.165) is 50.5 Å². The number of anilines is 2. The number of hydrogen-bond donors (Lipinski definition) is 2. The van der Waals surface area contributed by atoms with Crippen LogP contribution in [-0.2, 0) is 4.74 Å². The average molecular weight is 291 g/mol. The van der Waals surface area contributed by atoms with Gasteiger partial charge in [0.05, 0.1) is 24.6 Å². The number of nitrogens with zero attached hydrogens (tertiary/aromatic N) is 1. The summed E-state index contributed by atoms with van der Waals surface area (Å²) in [5.74, 6) is 0. The number of ether oxygens (including phenoxy) is 1. The zero-order valence-corrected chi connectivity index (χ0v) is 12.9. The van der Waals surface area contributed by atoms with E-state index in [4.69, 9.17) is 4.74 Å². The van der Waals surface area contributed by atoms with Crippen LogP contribution in [-0.4, -0.2) is 38.4 Å². The number of hydrogen-bond acceptors (Lipinski definition) is 3. The van der Waals surface area contributed by atoms with Crippen molar-refractivity contribution >= 4 is 17.4 Å². The Balaban J connectivity index is 2.04. The highest BCUT2D eigenvalue weighted by atomic mass is 16.5. The quantitative estimate of drug-likeness (QED) is 0.877. The molecule has 5 heteroatoms. The molecule has 21 heavy (non-hydrogen) atoms. The van der Waals surface area contributed by atoms with Gasteiger partial charge >= 0.3 is 6.03 Å². The molecule has 0 saturated carbocycles. The minimum Gasteiger partial charge on any atom is -0.378 e. The van der Waals surface area contributed by atoms with Crippen LogP contribution in [0.2, 0.25) is 0 Å². The molecule has 0 bridgehead atoms. The third-order valence-corrected chi connectivity index (χ3v) is 3.82. The Labute approximate surface area is 126 Å². The Morgan fingerprint density at radius 1 is 1.24 bits per heavy atom. The number of rotatable bonds is 5. The highest BCUT2D eigenvalue weighted by Gasteiger charge is 2.16. The van der Waals surface area contributed by atoms with Crippen LogP contribution in [0.15, 0.2) is 24.3 Å². The summed E-state index contributed by atoms with van der Waals surface area (Å²) in [6, 6.07) is 8.01. The van der Waals surface area contributed by atoms with Crippen molar-refractivity contribution in [3.63, 3.8) is 0 Å². The first-order chi connectivity index (χ1) is 10.2. The lowest BCUT2D eigenvalue weighted by Crippen LogP contribution is -2.39. The summed E-state index contributed by atoms with van der Waals surface area (Å²) in [4.78, 5) is 14.4. The van der Waals surface area contributed by atoms with Crippen LogP contribution in [0, 0.1) is 0 Å². The van der Waals surface area contributed by atoms with Gasteiger partial charge in [-0.25, -0.2) is 4.79 Å². The lowest BCUT2D eigenvalue weighted by molar-refractivity contribution is 0.123. The lowest BCUT2D eigenvalue weighted by atomic mass is 10.2. The molecular formula is C16H25N3O2. The van der Waals surface area contributed by atoms with E-state index in [1.165, 1.54) is 0 Å². The fraction of sp³-hybridized carbons (Fsp3) is 0.562. The second kappa shape index (κ2) is 7.88. The fourth-order valence-corrected chi connectivity index (χ4v) is 2.50. The molecule has 1 aliphatic heterocycles. The molecule has 2 rings (SSSR count). The molecule has 1 heterocycles. The summed E-state index contributed by atoms with van der Waals surface area (Å²) in [6.07, 6.45) is 1.88. The minimum absolute atomic E-state index is 0.135. The molecule has 0 aliphatic carbocycles. The summed E-state index contributed by atoms with van der Waals surface area (Å²) in [5.41, 5.74) is 1.91. The summed E-state index contributed by atoms with van der Waals surface area (Å²) in [7, 11) is 0. The molecule has 2 amide bonds. The minimum atomic E-state index is -0.135. The van der Waals surface area contributed by atoms with Crippen LogP contribution in [0.4, 0.5) is 16.2 Å². The van der Waals surface area contributed by atoms with Gasteiger partial charge in [0.15, 0.2) is 0 Å². The molecule has 0 radical (unpaired) electrons. The Kier molecular flexibility index (Phi) is 5.87. The Morgan fingerprint density at radius 2 is 1.90 bits per heavy atom. The number of carbonyl (C=O) groups is 1. The van der Waals surface area contributed by atoms with Crippen LogP contribution in [0.25, 0.3) is 0 Å². The van der Waals surface area contributed by atoms with Crippen molar-refractivity contribution in [3.8, 4) is 0 Å². The lowest BCUT2D eigenvalue weighted by Gasteiger charge is -2.30. The zero-order valence-electron chi connectivity index (χ0n) is 12.9. The second-order valence-electron chi connectivity index (χ2n) is 5.23. The predicted molar refractivity (Wildman–Crippen MR) is 86.0 cm³/mol. The van der Waals surface area contributed by atoms with E-state index in [0.29, 0.717) is 0 Å². The Morgan fingerprint density at radius 3 is 2.57 bits per heavy atom. The van der Waals surface area contributed by atoms with E-state index >= 15 is 0 Å². The van der Waals surface area contributed by atoms with E-state index in [9.17, 15) is 4.79 Å². The summed E-state index contributed by atoms with van der Waals surface area (Å²) < 4.78 is 5.38. The van der Waals surface area contributed by atoms with Gasteiger partial charge in [-0.05, 0) is 25.0 Å². The molecule has 1 saturated heterocycles. The standard InChI is InChI=1S/C16H25N3O2/c1-3-13(4-2)17-16(20)18-14-7-5-6-8-15(14)19-9-11-21-12-10-19/h5-8,13H,3-4,9-12H2,1-2H3,(H2,17,18,20). The van der Waals surface area contributed by atoms with E-state index in [1.54, 1.807) is 0 Å². The third-order valence-electron chi connectivity index (χ3n) is 3.82. The fourth-order valence-electron chi connectivity index (χ4n) is 2.50. The van der Waals surface area contributed by atoms with Crippen molar-refractivity contribution < 1.29 is 9.53 Å². The zero-order chi connectivity index (χ0) is 15.1. The first-order valence-corrected chi connectivity index (χ1v) is 7.73. The number of amides is 2. The van der Waals surface area contributed by atoms with Crippen LogP contribution >= 0.6 is 0 Å². The number of nitrogens with one attached hydrogen (secondary N) is 2. The van der Waals surface area contributed by atoms with Gasteiger partial charge in [0, 0.05) is 19.1 Å². The Bertz CT molecular complexity index is 455. The first-order valence-electron chi connectivity index (χ1n) is 7.73. The van der Waals surface area contributed by atoms with Crippen molar-refractivity contribution in [2.75, 3.05) is 36.5 Å². The van der Waals surface area contributed by atoms with Crippen LogP contribution < -0.4 is 15.5 Å². The summed E-state index contributed by atoms with van der Waals surface area (Å²) >= 11 is 0. The van der Waals surface area contributed by atoms with Crippen molar-refractivity contribution in [2.45, 2.75) is 32.7 Å². The molecule has 1 aromatic rings. The van der Waals surface area contributed by atoms with Gasteiger partial charge in [-0.1, -0.05) is 26.0 Å². The van der Waals surface area contributed by atoms with Crippen LogP contribution in [0.3, 0.4) is 0 Å². The van der Waals surface area contributed by atoms with Gasteiger partial charge in [0.25, 0.3) is 0 Å². The second-order valence-corrected chi connectivity index (χ2v) is 5.23. The molecule has 1 fully saturated rings. The van der Waals surface area contributed by atoms with Gasteiger partial charge in [-0.2, -0.15) is 0 Å². The molecule has 2 N–H and O–H groups in total. The van der Waals surface area contributed by atoms with Crippen molar-refractivity contribution in [3.05, 3.63) is 24.3 Å². The van der Waals surface area contributed by atoms with E-state index in [-0.39, 0.29) is 12.1 Å². The normalized spacial score (nSPS) is 15.1. The smallest absolute Gasteiger partial charge is 0.319 e. The molecular weight excluding hydrogens is 266 g/mol. The maximum absolute atomic E-state index is 12.1. The largest absolute Gasteiger partial charge is 0.378 e. The monoisotopic (exact) mass is 291 g/mol. The SMILES string of the molecule is CCC(CC)NC(=O)Nc1ccccc1N1CCOCC1. The van der Waals surface area contributed by atoms with Gasteiger partial charge in [0.1, 0.15) is 0 Å². The molecule has 116 valence electrons. The van der Waals surface area contributed by atoms with E-state index < -0.39 is 0 Å². The molecule has 0 aromatic heterocycles. The molecule has 5 nitrogen and oxygen atoms in total. The predicted octanol–water partition coefficient (Wildman–Crippen LogP) is 2.83. The molecule has 1 aromatic carbocycles. The highest BCUT2D eigenvalue weighted by molar-refractivity contribution is 5.93. The highest BCUT2D eigenvalue weighted by Crippen LogP contribution is 2.26.